The highest BCUT2D eigenvalue weighted by Gasteiger charge is 2.19. The number of carbonyl (C=O) groups is 1. The Balaban J connectivity index is 2.53. The minimum absolute atomic E-state index is 0.364. The first-order valence-electron chi connectivity index (χ1n) is 5.63. The molecule has 0 unspecified atom stereocenters. The van der Waals surface area contributed by atoms with Gasteiger partial charge in [-0.2, -0.15) is 0 Å². The number of primary amides is 1. The van der Waals surface area contributed by atoms with Crippen molar-refractivity contribution in [1.29, 1.82) is 0 Å². The summed E-state index contributed by atoms with van der Waals surface area (Å²) in [5, 5.41) is 1.90. The van der Waals surface area contributed by atoms with E-state index in [1.165, 1.54) is 0 Å². The minimum atomic E-state index is -3.55. The average Bonchev–Trinajstić information content (AvgIpc) is 2.34. The molecule has 0 radical (unpaired) electrons. The molecule has 0 fully saturated rings. The summed E-state index contributed by atoms with van der Waals surface area (Å²) in [6.45, 7) is -0.364. The number of carbonyl (C=O) groups excluding carboxylic acids is 1. The molecule has 0 aromatic heterocycles. The van der Waals surface area contributed by atoms with Crippen LogP contribution in [0.25, 0.3) is 10.8 Å². The van der Waals surface area contributed by atoms with Gasteiger partial charge in [-0.15, -0.1) is 0 Å². The van der Waals surface area contributed by atoms with Crippen LogP contribution in [0.5, 0.6) is 0 Å². The number of hydrogen-bond donors (Lipinski definition) is 1. The maximum absolute atomic E-state index is 11.7. The number of benzene rings is 2. The zero-order valence-corrected chi connectivity index (χ0v) is 11.2. The van der Waals surface area contributed by atoms with E-state index in [9.17, 15) is 13.2 Å². The summed E-state index contributed by atoms with van der Waals surface area (Å²) in [5.74, 6) is -0.696. The molecule has 2 rings (SSSR count). The first-order valence-corrected chi connectivity index (χ1v) is 7.47. The maximum atomic E-state index is 11.7. The maximum Gasteiger partial charge on any atom is 0.238 e. The van der Waals surface area contributed by atoms with Gasteiger partial charge in [0.15, 0.2) is 0 Å². The molecule has 100 valence electrons. The summed E-state index contributed by atoms with van der Waals surface area (Å²) >= 11 is 0. The van der Waals surface area contributed by atoms with E-state index in [0.29, 0.717) is 5.69 Å². The SMILES string of the molecule is CS(=O)(=O)N(CC(N)=O)c1ccc2ccccc2c1. The summed E-state index contributed by atoms with van der Waals surface area (Å²) in [6.07, 6.45) is 1.05. The van der Waals surface area contributed by atoms with Crippen molar-refractivity contribution in [1.82, 2.24) is 0 Å². The average molecular weight is 278 g/mol. The van der Waals surface area contributed by atoms with Crippen molar-refractivity contribution in [2.24, 2.45) is 5.73 Å². The molecule has 0 aliphatic carbocycles. The van der Waals surface area contributed by atoms with Crippen molar-refractivity contribution in [3.63, 3.8) is 0 Å². The number of nitrogens with zero attached hydrogens (tertiary/aromatic N) is 1. The minimum Gasteiger partial charge on any atom is -0.368 e. The second-order valence-corrected chi connectivity index (χ2v) is 6.17. The van der Waals surface area contributed by atoms with Crippen molar-refractivity contribution in [3.05, 3.63) is 42.5 Å². The molecule has 0 bridgehead atoms. The summed E-state index contributed by atoms with van der Waals surface area (Å²) in [5.41, 5.74) is 5.53. The Labute approximate surface area is 111 Å². The monoisotopic (exact) mass is 278 g/mol. The van der Waals surface area contributed by atoms with Gasteiger partial charge < -0.3 is 5.73 Å². The quantitative estimate of drug-likeness (QED) is 0.909. The summed E-state index contributed by atoms with van der Waals surface area (Å²) in [7, 11) is -3.55. The Morgan fingerprint density at radius 2 is 1.79 bits per heavy atom. The number of amides is 1. The summed E-state index contributed by atoms with van der Waals surface area (Å²) in [6, 6.07) is 12.8. The standard InChI is InChI=1S/C13H14N2O3S/c1-19(17,18)15(9-13(14)16)12-7-6-10-4-2-3-5-11(10)8-12/h2-8H,9H2,1H3,(H2,14,16). The molecule has 1 amide bonds. The van der Waals surface area contributed by atoms with Gasteiger partial charge in [0.1, 0.15) is 6.54 Å². The summed E-state index contributed by atoms with van der Waals surface area (Å²) < 4.78 is 24.4. The fourth-order valence-corrected chi connectivity index (χ4v) is 2.73. The van der Waals surface area contributed by atoms with Gasteiger partial charge in [-0.05, 0) is 22.9 Å². The molecule has 6 heteroatoms. The fraction of sp³-hybridized carbons (Fsp3) is 0.154. The lowest BCUT2D eigenvalue weighted by Crippen LogP contribution is -2.37. The normalized spacial score (nSPS) is 11.4. The number of fused-ring (bicyclic) bond motifs is 1. The van der Waals surface area contributed by atoms with Crippen molar-refractivity contribution < 1.29 is 13.2 Å². The van der Waals surface area contributed by atoms with Crippen LogP contribution in [0.2, 0.25) is 0 Å². The van der Waals surface area contributed by atoms with E-state index in [0.717, 1.165) is 21.3 Å². The largest absolute Gasteiger partial charge is 0.368 e. The van der Waals surface area contributed by atoms with E-state index in [2.05, 4.69) is 0 Å². The Hall–Kier alpha value is -2.08. The van der Waals surface area contributed by atoms with E-state index < -0.39 is 15.9 Å². The van der Waals surface area contributed by atoms with Crippen LogP contribution in [0.15, 0.2) is 42.5 Å². The first kappa shape index (κ1) is 13.4. The molecule has 2 aromatic rings. The smallest absolute Gasteiger partial charge is 0.238 e. The highest BCUT2D eigenvalue weighted by atomic mass is 32.2. The third kappa shape index (κ3) is 3.03. The second-order valence-electron chi connectivity index (χ2n) is 4.27. The van der Waals surface area contributed by atoms with Crippen molar-refractivity contribution in [2.45, 2.75) is 0 Å². The third-order valence-electron chi connectivity index (χ3n) is 2.72. The van der Waals surface area contributed by atoms with Gasteiger partial charge in [0.05, 0.1) is 11.9 Å². The molecule has 0 saturated carbocycles. The van der Waals surface area contributed by atoms with Crippen LogP contribution in [0.1, 0.15) is 0 Å². The highest BCUT2D eigenvalue weighted by molar-refractivity contribution is 7.92. The summed E-state index contributed by atoms with van der Waals surface area (Å²) in [4.78, 5) is 11.0. The predicted octanol–water partition coefficient (Wildman–Crippen LogP) is 1.09. The number of rotatable bonds is 4. The van der Waals surface area contributed by atoms with Crippen LogP contribution in [-0.4, -0.2) is 27.1 Å². The van der Waals surface area contributed by atoms with Crippen molar-refractivity contribution in [3.8, 4) is 0 Å². The molecule has 2 N–H and O–H groups in total. The van der Waals surface area contributed by atoms with Gasteiger partial charge in [0.25, 0.3) is 0 Å². The Bertz CT molecular complexity index is 726. The Morgan fingerprint density at radius 3 is 2.37 bits per heavy atom. The molecule has 0 aliphatic rings. The third-order valence-corrected chi connectivity index (χ3v) is 3.86. The highest BCUT2D eigenvalue weighted by Crippen LogP contribution is 2.23. The van der Waals surface area contributed by atoms with E-state index >= 15 is 0 Å². The molecule has 0 saturated heterocycles. The lowest BCUT2D eigenvalue weighted by molar-refractivity contribution is -0.116. The van der Waals surface area contributed by atoms with Gasteiger partial charge in [-0.25, -0.2) is 8.42 Å². The van der Waals surface area contributed by atoms with Crippen LogP contribution in [0.3, 0.4) is 0 Å². The second kappa shape index (κ2) is 4.89. The molecule has 19 heavy (non-hydrogen) atoms. The molecule has 0 spiro atoms. The van der Waals surface area contributed by atoms with Crippen molar-refractivity contribution in [2.75, 3.05) is 17.1 Å². The molecule has 0 aliphatic heterocycles. The van der Waals surface area contributed by atoms with Gasteiger partial charge in [0.2, 0.25) is 15.9 Å². The van der Waals surface area contributed by atoms with Crippen LogP contribution in [0.4, 0.5) is 5.69 Å². The van der Waals surface area contributed by atoms with Gasteiger partial charge in [0, 0.05) is 0 Å². The van der Waals surface area contributed by atoms with E-state index in [-0.39, 0.29) is 6.54 Å². The Kier molecular flexibility index (Phi) is 3.44. The van der Waals surface area contributed by atoms with Crippen LogP contribution in [-0.2, 0) is 14.8 Å². The number of anilines is 1. The molecule has 2 aromatic carbocycles. The predicted molar refractivity (Wildman–Crippen MR) is 75.3 cm³/mol. The van der Waals surface area contributed by atoms with Crippen molar-refractivity contribution >= 4 is 32.4 Å². The zero-order chi connectivity index (χ0) is 14.0. The van der Waals surface area contributed by atoms with E-state index in [4.69, 9.17) is 5.73 Å². The number of sulfonamides is 1. The van der Waals surface area contributed by atoms with Gasteiger partial charge in [-0.3, -0.25) is 9.10 Å². The van der Waals surface area contributed by atoms with Crippen LogP contribution >= 0.6 is 0 Å². The first-order chi connectivity index (χ1) is 8.88. The fourth-order valence-electron chi connectivity index (χ4n) is 1.87. The molecule has 0 atom stereocenters. The molecular formula is C13H14N2O3S. The lowest BCUT2D eigenvalue weighted by Gasteiger charge is -2.21. The van der Waals surface area contributed by atoms with Crippen LogP contribution < -0.4 is 10.0 Å². The zero-order valence-electron chi connectivity index (χ0n) is 10.4. The molecular weight excluding hydrogens is 264 g/mol. The van der Waals surface area contributed by atoms with Gasteiger partial charge >= 0.3 is 0 Å². The molecule has 5 nitrogen and oxygen atoms in total. The van der Waals surface area contributed by atoms with E-state index in [1.54, 1.807) is 12.1 Å². The number of hydrogen-bond acceptors (Lipinski definition) is 3. The van der Waals surface area contributed by atoms with E-state index in [1.807, 2.05) is 30.3 Å². The Morgan fingerprint density at radius 1 is 1.16 bits per heavy atom. The van der Waals surface area contributed by atoms with Gasteiger partial charge in [-0.1, -0.05) is 30.3 Å². The molecule has 0 heterocycles. The number of nitrogens with two attached hydrogens (primary N) is 1. The van der Waals surface area contributed by atoms with Crippen LogP contribution in [0, 0.1) is 0 Å². The lowest BCUT2D eigenvalue weighted by atomic mass is 10.1. The topological polar surface area (TPSA) is 80.5 Å².